The van der Waals surface area contributed by atoms with Gasteiger partial charge in [0.25, 0.3) is 11.8 Å². The van der Waals surface area contributed by atoms with Gasteiger partial charge in [-0.1, -0.05) is 112 Å². The second kappa shape index (κ2) is 50.8. The van der Waals surface area contributed by atoms with E-state index in [4.69, 9.17) is 73.2 Å². The van der Waals surface area contributed by atoms with Crippen molar-refractivity contribution >= 4 is 135 Å². The number of carbonyl (C=O) groups excluding carboxylic acids is 12. The third kappa shape index (κ3) is 42.0. The fourth-order valence-electron chi connectivity index (χ4n) is 8.54. The summed E-state index contributed by atoms with van der Waals surface area (Å²) in [5.41, 5.74) is 21.6. The molecule has 102 heavy (non-hydrogen) atoms. The first-order valence-corrected chi connectivity index (χ1v) is 31.9. The smallest absolute Gasteiger partial charge is 0.426 e. The second-order valence-corrected chi connectivity index (χ2v) is 22.8. The van der Waals surface area contributed by atoms with Crippen LogP contribution in [0.1, 0.15) is 138 Å². The number of ketones is 2. The maximum atomic E-state index is 12.1. The van der Waals surface area contributed by atoms with Gasteiger partial charge in [-0.2, -0.15) is 0 Å². The van der Waals surface area contributed by atoms with Crippen molar-refractivity contribution in [1.29, 1.82) is 0 Å². The van der Waals surface area contributed by atoms with E-state index in [1.165, 1.54) is 13.8 Å². The number of benzene rings is 5. The zero-order valence-electron chi connectivity index (χ0n) is 57.2. The molecule has 6 atom stereocenters. The number of amides is 10. The zero-order valence-corrected chi connectivity index (χ0v) is 57.2. The summed E-state index contributed by atoms with van der Waals surface area (Å²) in [7, 11) is -10.7. The summed E-state index contributed by atoms with van der Waals surface area (Å²) in [6, 6.07) is 35.2. The van der Waals surface area contributed by atoms with Gasteiger partial charge in [-0.25, -0.2) is 0 Å². The topological polar surface area (TPSA) is 624 Å². The molecule has 0 fully saturated rings. The minimum Gasteiger partial charge on any atom is -0.426 e. The van der Waals surface area contributed by atoms with Gasteiger partial charge in [0.15, 0.2) is 0 Å². The Morgan fingerprint density at radius 3 is 0.912 bits per heavy atom. The van der Waals surface area contributed by atoms with Crippen LogP contribution >= 0.6 is 0 Å². The molecule has 0 saturated carbocycles. The normalized spacial score (nSPS) is 11.9. The molecule has 10 amide bonds. The van der Waals surface area contributed by atoms with Crippen molar-refractivity contribution < 1.29 is 118 Å². The summed E-state index contributed by atoms with van der Waals surface area (Å²) in [5, 5.41) is 126. The average Bonchev–Trinajstić information content (AvgIpc) is 0.835. The van der Waals surface area contributed by atoms with Gasteiger partial charge in [0, 0.05) is 75.3 Å². The van der Waals surface area contributed by atoms with Crippen molar-refractivity contribution in [3.63, 3.8) is 0 Å². The van der Waals surface area contributed by atoms with Crippen LogP contribution in [-0.4, -0.2) is 209 Å². The lowest BCUT2D eigenvalue weighted by Crippen LogP contribution is -2.48. The lowest BCUT2D eigenvalue weighted by molar-refractivity contribution is -0.123. The van der Waals surface area contributed by atoms with E-state index < -0.39 is 114 Å². The highest BCUT2D eigenvalue weighted by Crippen LogP contribution is 2.18. The Balaban J connectivity index is 0.00000122. The van der Waals surface area contributed by atoms with Crippen LogP contribution in [0.25, 0.3) is 21.5 Å². The van der Waals surface area contributed by atoms with Gasteiger partial charge in [-0.3, -0.25) is 57.5 Å². The van der Waals surface area contributed by atoms with Crippen LogP contribution in [-0.2, 0) is 54.4 Å². The molecule has 0 bridgehead atoms. The lowest BCUT2D eigenvalue weighted by atomic mass is 9.76. The first kappa shape index (κ1) is 92.6. The van der Waals surface area contributed by atoms with Crippen molar-refractivity contribution in [2.24, 2.45) is 22.9 Å². The van der Waals surface area contributed by atoms with Gasteiger partial charge in [0.2, 0.25) is 47.3 Å². The van der Waals surface area contributed by atoms with Gasteiger partial charge < -0.3 is 115 Å². The molecule has 5 rings (SSSR count). The molecular weight excluding hydrogens is 1330 g/mol. The van der Waals surface area contributed by atoms with Crippen molar-refractivity contribution in [1.82, 2.24) is 31.9 Å². The predicted molar refractivity (Wildman–Crippen MR) is 380 cm³/mol. The first-order valence-electron chi connectivity index (χ1n) is 31.9. The maximum absolute atomic E-state index is 12.1. The number of nitrogens with two attached hydrogens (primary N) is 4. The van der Waals surface area contributed by atoms with Gasteiger partial charge in [0.1, 0.15) is 11.6 Å². The molecule has 0 radical (unpaired) electrons. The Morgan fingerprint density at radius 2 is 0.618 bits per heavy atom. The number of Topliss-reactive ketones (excluding diaryl/α,β-unsaturated/α-hetero) is 2. The second-order valence-electron chi connectivity index (χ2n) is 22.8. The lowest BCUT2D eigenvalue weighted by Gasteiger charge is -2.16. The summed E-state index contributed by atoms with van der Waals surface area (Å²) < 4.78 is 0. The van der Waals surface area contributed by atoms with Crippen LogP contribution in [0.4, 0.5) is 0 Å². The fraction of sp³-hybridized carbons (Fsp3) is 0.387. The summed E-state index contributed by atoms with van der Waals surface area (Å²) in [5.74, 6) is -11.7. The van der Waals surface area contributed by atoms with Crippen LogP contribution in [0.2, 0.25) is 0 Å². The third-order valence-corrected chi connectivity index (χ3v) is 13.7. The predicted octanol–water partition coefficient (Wildman–Crippen LogP) is -5.06. The molecule has 34 nitrogen and oxygen atoms in total. The van der Waals surface area contributed by atoms with Gasteiger partial charge in [-0.05, 0) is 84.5 Å². The van der Waals surface area contributed by atoms with E-state index in [1.807, 2.05) is 91.9 Å². The number of carbonyl (C=O) groups is 12. The molecule has 26 N–H and O–H groups in total. The highest BCUT2D eigenvalue weighted by atomic mass is 16.4. The van der Waals surface area contributed by atoms with Gasteiger partial charge in [-0.15, -0.1) is 0 Å². The molecule has 0 aliphatic carbocycles. The fourth-order valence-corrected chi connectivity index (χ4v) is 8.54. The number of aryl methyl sites for hydroxylation is 1. The number of fused-ring (bicyclic) bond motifs is 2. The Hall–Kier alpha value is -9.43. The molecule has 0 saturated heterocycles. The van der Waals surface area contributed by atoms with E-state index in [-0.39, 0.29) is 99.4 Å². The molecule has 0 unspecified atom stereocenters. The molecule has 0 aromatic heterocycles. The molecule has 0 aliphatic heterocycles. The van der Waals surface area contributed by atoms with Gasteiger partial charge in [0.05, 0.1) is 35.6 Å². The van der Waals surface area contributed by atoms with Crippen LogP contribution in [0, 0.1) is 0 Å². The van der Waals surface area contributed by atoms with Crippen molar-refractivity contribution in [3.05, 3.63) is 132 Å². The van der Waals surface area contributed by atoms with Crippen molar-refractivity contribution in [2.75, 3.05) is 0 Å². The summed E-state index contributed by atoms with van der Waals surface area (Å²) in [6.07, 6.45) is 1.62. The molecule has 0 aliphatic rings. The third-order valence-electron chi connectivity index (χ3n) is 13.7. The molecule has 0 spiro atoms. The van der Waals surface area contributed by atoms with Crippen LogP contribution in [0.5, 0.6) is 0 Å². The van der Waals surface area contributed by atoms with Crippen LogP contribution in [0.3, 0.4) is 0 Å². The van der Waals surface area contributed by atoms with Crippen molar-refractivity contribution in [2.45, 2.75) is 154 Å². The molecule has 40 heteroatoms. The largest absolute Gasteiger partial charge is 0.476 e. The molecule has 552 valence electrons. The van der Waals surface area contributed by atoms with E-state index in [0.717, 1.165) is 33.5 Å². The summed E-state index contributed by atoms with van der Waals surface area (Å²) in [4.78, 5) is 133. The molecule has 5 aromatic rings. The highest BCUT2D eigenvalue weighted by molar-refractivity contribution is 6.46. The van der Waals surface area contributed by atoms with E-state index in [9.17, 15) is 67.6 Å². The van der Waals surface area contributed by atoms with Crippen molar-refractivity contribution in [3.8, 4) is 0 Å². The van der Waals surface area contributed by atoms with Crippen LogP contribution in [0.15, 0.2) is 115 Å². The first-order chi connectivity index (χ1) is 47.8. The molecule has 0 heterocycles. The average molecular weight is 1430 g/mol. The Kier molecular flexibility index (Phi) is 46.1. The minimum absolute atomic E-state index is 0.0661. The van der Waals surface area contributed by atoms with E-state index in [0.29, 0.717) is 24.0 Å². The van der Waals surface area contributed by atoms with E-state index in [1.54, 1.807) is 44.2 Å². The number of hydrogen-bond acceptors (Lipinski definition) is 24. The maximum Gasteiger partial charge on any atom is 0.476 e. The molecular formula is C62H92B6N10O24. The van der Waals surface area contributed by atoms with Crippen LogP contribution < -0.4 is 54.8 Å². The highest BCUT2D eigenvalue weighted by Gasteiger charge is 2.31. The minimum atomic E-state index is -1.86. The monoisotopic (exact) mass is 1430 g/mol. The molecule has 5 aromatic carbocycles. The van der Waals surface area contributed by atoms with Gasteiger partial charge >= 0.3 is 42.7 Å². The Labute approximate surface area is 591 Å². The van der Waals surface area contributed by atoms with E-state index >= 15 is 0 Å². The Bertz CT molecular complexity index is 3320. The number of rotatable bonds is 34. The quantitative estimate of drug-likeness (QED) is 0.0171. The standard InChI is InChI=1S/C15H16BNO4.C14H15BN2O4.C13H19BN2O4.C7H15BN2O4.C7H14BNO4.C6H13BN2O4/c1-10(18)8-14(16(20)21)17-15(19)13-7-6-11-4-2-3-5-12(11)9-13;16-13(18)8-12(15(20)21)17-14(19)11-6-5-9-3-1-2-4-10(9)7-11;15-12(17)9-11(14(19)20)16-13(18)8-4-7-10-5-2-1-3-6-10;1-2-3-7(12)10-5(8(13)14)4-6(9)11;1-3-7(11)9-6(8(12)13)4-5(2)10;1-2-6(11)9-4(7(12)13)3-5(8)10/h2-7,9,14,20-21H,8H2,1H3,(H,17,19);1-7,12,20-21H,8H2,(H2,16,18)(H,17,19);1-3,5-6,11,19-20H,4,7-9H2,(H2,15,17)(H,16,18);5,13-14H,2-4H2,1H3,(H2,9,11)(H,10,12);6,12-13H,3-4H2,1-2H3,(H,9,11);4,12-13H,2-3H2,1H3,(H2,8,10)(H,9,11)/t14-;12-;11-;5-;6-;4-/m011101/s1. The number of hydrogen-bond donors (Lipinski definition) is 22. The zero-order chi connectivity index (χ0) is 77.8. The number of primary amides is 4. The Morgan fingerprint density at radius 1 is 0.343 bits per heavy atom. The summed E-state index contributed by atoms with van der Waals surface area (Å²) >= 11 is 0. The SMILES string of the molecule is CC(=O)C[C@H](NC(=O)c1ccc2ccccc2c1)B(O)O.CCC(=O)N[C@@H](CC(C)=O)B(O)O.CCC(=O)N[C@H](CC(N)=O)B(O)O.CCCC(=O)N[C@H](CC(N)=O)B(O)O.NC(=O)C[C@@H](NC(=O)CCCc1ccccc1)B(O)O.NC(=O)C[C@@H](NC(=O)c1ccc2ccccc2c1)B(O)O. The van der Waals surface area contributed by atoms with E-state index in [2.05, 4.69) is 31.9 Å². The number of nitrogens with one attached hydrogen (secondary N) is 6. The summed E-state index contributed by atoms with van der Waals surface area (Å²) in [6.45, 7) is 7.73.